The van der Waals surface area contributed by atoms with Crippen molar-refractivity contribution in [2.24, 2.45) is 5.73 Å². The summed E-state index contributed by atoms with van der Waals surface area (Å²) < 4.78 is 6.03. The van der Waals surface area contributed by atoms with E-state index in [4.69, 9.17) is 45.3 Å². The Hall–Kier alpha value is -0.930. The normalized spacial score (nSPS) is 17.2. The first-order valence-corrected chi connectivity index (χ1v) is 7.86. The molecule has 0 saturated carbocycles. The van der Waals surface area contributed by atoms with Crippen LogP contribution in [0.5, 0.6) is 5.75 Å². The summed E-state index contributed by atoms with van der Waals surface area (Å²) in [7, 11) is 0. The van der Waals surface area contributed by atoms with Gasteiger partial charge in [0.05, 0.1) is 0 Å². The maximum atomic E-state index is 6.31. The van der Waals surface area contributed by atoms with Crippen LogP contribution in [0.25, 0.3) is 11.1 Å². The smallest absolute Gasteiger partial charge is 0.130 e. The highest BCUT2D eigenvalue weighted by Gasteiger charge is 2.23. The van der Waals surface area contributed by atoms with Gasteiger partial charge < -0.3 is 10.5 Å². The minimum atomic E-state index is 0.0235. The molecule has 21 heavy (non-hydrogen) atoms. The lowest BCUT2D eigenvalue weighted by atomic mass is 9.95. The monoisotopic (exact) mass is 341 g/mol. The van der Waals surface area contributed by atoms with Crippen LogP contribution in [0.4, 0.5) is 0 Å². The summed E-state index contributed by atoms with van der Waals surface area (Å²) in [5.41, 5.74) is 8.50. The van der Waals surface area contributed by atoms with Crippen molar-refractivity contribution >= 4 is 34.8 Å². The van der Waals surface area contributed by atoms with Crippen molar-refractivity contribution in [2.75, 3.05) is 6.54 Å². The van der Waals surface area contributed by atoms with Crippen molar-refractivity contribution in [1.82, 2.24) is 0 Å². The zero-order chi connectivity index (χ0) is 15.0. The van der Waals surface area contributed by atoms with Gasteiger partial charge in [-0.15, -0.1) is 0 Å². The van der Waals surface area contributed by atoms with Crippen molar-refractivity contribution in [3.05, 3.63) is 51.0 Å². The Balaban J connectivity index is 2.18. The Morgan fingerprint density at radius 3 is 2.57 bits per heavy atom. The summed E-state index contributed by atoms with van der Waals surface area (Å²) in [4.78, 5) is 0. The Bertz CT molecular complexity index is 687. The average molecular weight is 343 g/mol. The lowest BCUT2D eigenvalue weighted by Crippen LogP contribution is -2.30. The zero-order valence-electron chi connectivity index (χ0n) is 11.2. The molecular weight excluding hydrogens is 329 g/mol. The molecule has 0 saturated heterocycles. The van der Waals surface area contributed by atoms with Crippen LogP contribution in [-0.2, 0) is 6.42 Å². The molecule has 2 aromatic carbocycles. The van der Waals surface area contributed by atoms with E-state index in [9.17, 15) is 0 Å². The van der Waals surface area contributed by atoms with E-state index < -0.39 is 0 Å². The van der Waals surface area contributed by atoms with Crippen LogP contribution in [0.1, 0.15) is 12.0 Å². The van der Waals surface area contributed by atoms with Gasteiger partial charge in [-0.1, -0.05) is 34.8 Å². The van der Waals surface area contributed by atoms with E-state index in [1.807, 2.05) is 18.2 Å². The van der Waals surface area contributed by atoms with E-state index in [-0.39, 0.29) is 6.10 Å². The standard InChI is InChI=1S/C16H14Cl3NO/c17-10-2-4-15(19)13(6-10)14-7-11(18)5-9-1-3-12(8-20)21-16(9)14/h2,4-7,12H,1,3,8,20H2/t12-/m1/s1. The molecule has 0 amide bonds. The molecular formula is C16H14Cl3NO. The number of hydrogen-bond donors (Lipinski definition) is 1. The summed E-state index contributed by atoms with van der Waals surface area (Å²) in [6.07, 6.45) is 1.81. The number of aryl methyl sites for hydroxylation is 1. The fraction of sp³-hybridized carbons (Fsp3) is 0.250. The molecule has 0 aliphatic carbocycles. The molecule has 1 heterocycles. The Morgan fingerprint density at radius 2 is 1.81 bits per heavy atom. The van der Waals surface area contributed by atoms with Gasteiger partial charge in [-0.2, -0.15) is 0 Å². The lowest BCUT2D eigenvalue weighted by molar-refractivity contribution is 0.182. The van der Waals surface area contributed by atoms with Gasteiger partial charge in [0, 0.05) is 32.7 Å². The van der Waals surface area contributed by atoms with Crippen LogP contribution in [0, 0.1) is 0 Å². The summed E-state index contributed by atoms with van der Waals surface area (Å²) in [6.45, 7) is 0.491. The second kappa shape index (κ2) is 6.05. The van der Waals surface area contributed by atoms with Gasteiger partial charge in [-0.3, -0.25) is 0 Å². The van der Waals surface area contributed by atoms with Crippen LogP contribution in [0.15, 0.2) is 30.3 Å². The molecule has 3 rings (SSSR count). The van der Waals surface area contributed by atoms with Crippen molar-refractivity contribution in [1.29, 1.82) is 0 Å². The van der Waals surface area contributed by atoms with Gasteiger partial charge in [0.25, 0.3) is 0 Å². The van der Waals surface area contributed by atoms with E-state index in [0.29, 0.717) is 21.6 Å². The van der Waals surface area contributed by atoms with Crippen LogP contribution >= 0.6 is 34.8 Å². The van der Waals surface area contributed by atoms with E-state index in [2.05, 4.69) is 0 Å². The second-order valence-electron chi connectivity index (χ2n) is 5.08. The molecule has 0 spiro atoms. The number of rotatable bonds is 2. The lowest BCUT2D eigenvalue weighted by Gasteiger charge is -2.27. The third-order valence-electron chi connectivity index (χ3n) is 3.63. The van der Waals surface area contributed by atoms with Gasteiger partial charge in [-0.25, -0.2) is 0 Å². The summed E-state index contributed by atoms with van der Waals surface area (Å²) in [5, 5.41) is 1.89. The highest BCUT2D eigenvalue weighted by atomic mass is 35.5. The number of hydrogen-bond acceptors (Lipinski definition) is 2. The highest BCUT2D eigenvalue weighted by Crippen LogP contribution is 2.43. The third-order valence-corrected chi connectivity index (χ3v) is 4.42. The van der Waals surface area contributed by atoms with E-state index in [0.717, 1.165) is 35.3 Å². The molecule has 110 valence electrons. The van der Waals surface area contributed by atoms with Crippen molar-refractivity contribution in [3.63, 3.8) is 0 Å². The summed E-state index contributed by atoms with van der Waals surface area (Å²) in [6, 6.07) is 9.15. The number of fused-ring (bicyclic) bond motifs is 1. The fourth-order valence-electron chi connectivity index (χ4n) is 2.59. The minimum Gasteiger partial charge on any atom is -0.488 e. The van der Waals surface area contributed by atoms with Crippen LogP contribution in [-0.4, -0.2) is 12.6 Å². The maximum absolute atomic E-state index is 6.31. The number of halogens is 3. The molecule has 1 aliphatic heterocycles. The molecule has 2 nitrogen and oxygen atoms in total. The molecule has 1 aliphatic rings. The van der Waals surface area contributed by atoms with Crippen molar-refractivity contribution < 1.29 is 4.74 Å². The topological polar surface area (TPSA) is 35.2 Å². The van der Waals surface area contributed by atoms with Crippen molar-refractivity contribution in [3.8, 4) is 16.9 Å². The highest BCUT2D eigenvalue weighted by molar-refractivity contribution is 6.35. The Kier molecular flexibility index (Phi) is 4.32. The quantitative estimate of drug-likeness (QED) is 0.836. The second-order valence-corrected chi connectivity index (χ2v) is 6.36. The largest absolute Gasteiger partial charge is 0.488 e. The van der Waals surface area contributed by atoms with Crippen LogP contribution in [0.2, 0.25) is 15.1 Å². The molecule has 0 aromatic heterocycles. The number of ether oxygens (including phenoxy) is 1. The predicted molar refractivity (Wildman–Crippen MR) is 88.7 cm³/mol. The molecule has 5 heteroatoms. The average Bonchev–Trinajstić information content (AvgIpc) is 2.48. The van der Waals surface area contributed by atoms with Crippen molar-refractivity contribution in [2.45, 2.75) is 18.9 Å². The fourth-order valence-corrected chi connectivity index (χ4v) is 3.22. The van der Waals surface area contributed by atoms with Crippen LogP contribution in [0.3, 0.4) is 0 Å². The molecule has 2 aromatic rings. The molecule has 2 N–H and O–H groups in total. The molecule has 0 unspecified atom stereocenters. The summed E-state index contributed by atoms with van der Waals surface area (Å²) in [5.74, 6) is 0.810. The van der Waals surface area contributed by atoms with Gasteiger partial charge in [0.2, 0.25) is 0 Å². The van der Waals surface area contributed by atoms with Crippen LogP contribution < -0.4 is 10.5 Å². The first kappa shape index (κ1) is 15.0. The Morgan fingerprint density at radius 1 is 1.05 bits per heavy atom. The maximum Gasteiger partial charge on any atom is 0.130 e. The SMILES string of the molecule is NC[C@H]1CCc2cc(Cl)cc(-c3cc(Cl)ccc3Cl)c2O1. The molecule has 0 fully saturated rings. The van der Waals surface area contributed by atoms with E-state index in [1.54, 1.807) is 12.1 Å². The number of nitrogens with two attached hydrogens (primary N) is 1. The molecule has 0 radical (unpaired) electrons. The van der Waals surface area contributed by atoms with Gasteiger partial charge in [0.15, 0.2) is 0 Å². The van der Waals surface area contributed by atoms with Gasteiger partial charge in [0.1, 0.15) is 11.9 Å². The third kappa shape index (κ3) is 3.00. The van der Waals surface area contributed by atoms with Gasteiger partial charge >= 0.3 is 0 Å². The first-order chi connectivity index (χ1) is 10.1. The minimum absolute atomic E-state index is 0.0235. The first-order valence-electron chi connectivity index (χ1n) is 6.73. The summed E-state index contributed by atoms with van der Waals surface area (Å²) >= 11 is 18.6. The predicted octanol–water partition coefficient (Wildman–Crippen LogP) is 4.97. The van der Waals surface area contributed by atoms with E-state index in [1.165, 1.54) is 0 Å². The Labute approximate surface area is 138 Å². The van der Waals surface area contributed by atoms with Gasteiger partial charge in [-0.05, 0) is 48.7 Å². The van der Waals surface area contributed by atoms with E-state index >= 15 is 0 Å². The zero-order valence-corrected chi connectivity index (χ0v) is 13.5. The molecule has 0 bridgehead atoms. The number of benzene rings is 2. The molecule has 1 atom stereocenters.